The van der Waals surface area contributed by atoms with Gasteiger partial charge < -0.3 is 5.32 Å². The Kier molecular flexibility index (Phi) is 5.62. The molecule has 2 rings (SSSR count). The Morgan fingerprint density at radius 1 is 1.22 bits per heavy atom. The Morgan fingerprint density at radius 3 is 2.39 bits per heavy atom. The third-order valence-corrected chi connectivity index (χ3v) is 5.94. The first kappa shape index (κ1) is 18.1. The fourth-order valence-corrected chi connectivity index (χ4v) is 3.68. The van der Waals surface area contributed by atoms with Crippen molar-refractivity contribution in [3.63, 3.8) is 0 Å². The fourth-order valence-electron chi connectivity index (χ4n) is 2.44. The molecule has 0 aliphatic carbocycles. The fraction of sp³-hybridized carbons (Fsp3) is 0.750. The average Bonchev–Trinajstić information content (AvgIpc) is 2.44. The number of nitrogens with zero attached hydrogens (tertiary/aromatic N) is 3. The Bertz CT molecular complexity index is 611. The first-order valence-electron chi connectivity index (χ1n) is 8.33. The summed E-state index contributed by atoms with van der Waals surface area (Å²) < 4.78 is 25.0. The second-order valence-corrected chi connectivity index (χ2v) is 9.07. The summed E-state index contributed by atoms with van der Waals surface area (Å²) in [7, 11) is -3.03. The van der Waals surface area contributed by atoms with Gasteiger partial charge in [-0.1, -0.05) is 27.7 Å². The zero-order valence-electron chi connectivity index (χ0n) is 14.7. The maximum absolute atomic E-state index is 11.7. The molecule has 1 aliphatic rings. The van der Waals surface area contributed by atoms with Crippen LogP contribution in [0.4, 0.5) is 5.82 Å². The lowest BCUT2D eigenvalue weighted by atomic mass is 10.0. The number of nitrogens with one attached hydrogen (secondary N) is 1. The first-order valence-corrected chi connectivity index (χ1v) is 9.94. The largest absolute Gasteiger partial charge is 0.370 e. The van der Waals surface area contributed by atoms with E-state index in [1.165, 1.54) is 0 Å². The molecule has 0 spiro atoms. The molecule has 23 heavy (non-hydrogen) atoms. The smallest absolute Gasteiger partial charge is 0.213 e. The highest BCUT2D eigenvalue weighted by Gasteiger charge is 2.34. The van der Waals surface area contributed by atoms with E-state index >= 15 is 0 Å². The third-order valence-electron chi connectivity index (χ3n) is 4.12. The van der Waals surface area contributed by atoms with Gasteiger partial charge in [0.1, 0.15) is 11.6 Å². The molecule has 130 valence electrons. The van der Waals surface area contributed by atoms with Crippen molar-refractivity contribution in [2.45, 2.75) is 46.5 Å². The van der Waals surface area contributed by atoms with Crippen molar-refractivity contribution in [2.24, 2.45) is 5.92 Å². The number of rotatable bonds is 7. The normalized spacial score (nSPS) is 16.8. The number of aromatic nitrogens is 2. The summed E-state index contributed by atoms with van der Waals surface area (Å²) in [4.78, 5) is 9.19. The Labute approximate surface area is 139 Å². The zero-order chi connectivity index (χ0) is 17.2. The minimum Gasteiger partial charge on any atom is -0.370 e. The molecule has 2 heterocycles. The molecule has 0 atom stereocenters. The second kappa shape index (κ2) is 7.13. The van der Waals surface area contributed by atoms with Gasteiger partial charge in [0.15, 0.2) is 0 Å². The van der Waals surface area contributed by atoms with Crippen LogP contribution < -0.4 is 5.32 Å². The van der Waals surface area contributed by atoms with Crippen molar-refractivity contribution in [2.75, 3.05) is 30.7 Å². The van der Waals surface area contributed by atoms with E-state index in [1.54, 1.807) is 11.2 Å². The van der Waals surface area contributed by atoms with Gasteiger partial charge in [0, 0.05) is 43.2 Å². The van der Waals surface area contributed by atoms with Crippen molar-refractivity contribution in [3.8, 4) is 0 Å². The zero-order valence-corrected chi connectivity index (χ0v) is 15.5. The van der Waals surface area contributed by atoms with Crippen LogP contribution in [0.1, 0.15) is 58.0 Å². The molecule has 0 radical (unpaired) electrons. The standard InChI is InChI=1S/C16H28N4O2S/c1-6-23(21,22)20-9-13(10-20)8-17-15-7-14(11(2)3)18-16(19-15)12(4)5/h7,11-13H,6,8-10H2,1-5H3,(H,17,18,19). The van der Waals surface area contributed by atoms with Gasteiger partial charge in [0.25, 0.3) is 0 Å². The lowest BCUT2D eigenvalue weighted by Gasteiger charge is -2.38. The van der Waals surface area contributed by atoms with Crippen LogP contribution in [0.25, 0.3) is 0 Å². The van der Waals surface area contributed by atoms with Gasteiger partial charge in [-0.2, -0.15) is 0 Å². The van der Waals surface area contributed by atoms with Crippen LogP contribution in [0.3, 0.4) is 0 Å². The molecule has 1 aliphatic heterocycles. The van der Waals surface area contributed by atoms with Crippen molar-refractivity contribution >= 4 is 15.8 Å². The summed E-state index contributed by atoms with van der Waals surface area (Å²) >= 11 is 0. The summed E-state index contributed by atoms with van der Waals surface area (Å²) in [6.07, 6.45) is 0. The van der Waals surface area contributed by atoms with Crippen LogP contribution in [0.2, 0.25) is 0 Å². The van der Waals surface area contributed by atoms with Gasteiger partial charge in [-0.3, -0.25) is 0 Å². The van der Waals surface area contributed by atoms with E-state index in [0.717, 1.165) is 23.9 Å². The quantitative estimate of drug-likeness (QED) is 0.825. The van der Waals surface area contributed by atoms with E-state index in [-0.39, 0.29) is 11.7 Å². The topological polar surface area (TPSA) is 75.2 Å². The summed E-state index contributed by atoms with van der Waals surface area (Å²) in [6.45, 7) is 12.0. The van der Waals surface area contributed by atoms with E-state index in [9.17, 15) is 8.42 Å². The minimum absolute atomic E-state index is 0.175. The Hall–Kier alpha value is -1.21. The van der Waals surface area contributed by atoms with Gasteiger partial charge in [-0.15, -0.1) is 0 Å². The lowest BCUT2D eigenvalue weighted by Crippen LogP contribution is -2.52. The van der Waals surface area contributed by atoms with Crippen molar-refractivity contribution < 1.29 is 8.42 Å². The molecular formula is C16H28N4O2S. The molecule has 1 fully saturated rings. The molecule has 7 heteroatoms. The summed E-state index contributed by atoms with van der Waals surface area (Å²) in [5.74, 6) is 2.84. The molecule has 6 nitrogen and oxygen atoms in total. The highest BCUT2D eigenvalue weighted by Crippen LogP contribution is 2.22. The van der Waals surface area contributed by atoms with E-state index in [1.807, 2.05) is 6.07 Å². The number of anilines is 1. The van der Waals surface area contributed by atoms with Gasteiger partial charge in [0.05, 0.1) is 5.75 Å². The van der Waals surface area contributed by atoms with Crippen molar-refractivity contribution in [3.05, 3.63) is 17.6 Å². The lowest BCUT2D eigenvalue weighted by molar-refractivity contribution is 0.212. The Balaban J connectivity index is 1.97. The molecule has 0 aromatic carbocycles. The highest BCUT2D eigenvalue weighted by molar-refractivity contribution is 7.89. The van der Waals surface area contributed by atoms with Gasteiger partial charge in [-0.25, -0.2) is 22.7 Å². The van der Waals surface area contributed by atoms with Crippen LogP contribution in [0.5, 0.6) is 0 Å². The molecule has 1 aromatic rings. The summed E-state index contributed by atoms with van der Waals surface area (Å²) in [5, 5.41) is 3.35. The number of hydrogen-bond donors (Lipinski definition) is 1. The van der Waals surface area contributed by atoms with Crippen LogP contribution in [0.15, 0.2) is 6.07 Å². The molecule has 0 saturated carbocycles. The molecular weight excluding hydrogens is 312 g/mol. The van der Waals surface area contributed by atoms with Crippen LogP contribution >= 0.6 is 0 Å². The van der Waals surface area contributed by atoms with E-state index in [2.05, 4.69) is 43.0 Å². The first-order chi connectivity index (χ1) is 10.7. The van der Waals surface area contributed by atoms with Crippen LogP contribution in [0, 0.1) is 5.92 Å². The minimum atomic E-state index is -3.03. The highest BCUT2D eigenvalue weighted by atomic mass is 32.2. The average molecular weight is 340 g/mol. The van der Waals surface area contributed by atoms with E-state index in [0.29, 0.717) is 24.9 Å². The van der Waals surface area contributed by atoms with Gasteiger partial charge in [0.2, 0.25) is 10.0 Å². The third kappa shape index (κ3) is 4.41. The second-order valence-electron chi connectivity index (χ2n) is 6.81. The molecule has 0 amide bonds. The predicted octanol–water partition coefficient (Wildman–Crippen LogP) is 2.42. The monoisotopic (exact) mass is 340 g/mol. The van der Waals surface area contributed by atoms with Gasteiger partial charge in [-0.05, 0) is 12.8 Å². The maximum Gasteiger partial charge on any atom is 0.213 e. The van der Waals surface area contributed by atoms with Crippen LogP contribution in [-0.4, -0.2) is 48.1 Å². The van der Waals surface area contributed by atoms with E-state index < -0.39 is 10.0 Å². The maximum atomic E-state index is 11.7. The van der Waals surface area contributed by atoms with Crippen molar-refractivity contribution in [1.82, 2.24) is 14.3 Å². The van der Waals surface area contributed by atoms with Crippen molar-refractivity contribution in [1.29, 1.82) is 0 Å². The molecule has 1 N–H and O–H groups in total. The predicted molar refractivity (Wildman–Crippen MR) is 93.2 cm³/mol. The molecule has 1 saturated heterocycles. The number of sulfonamides is 1. The van der Waals surface area contributed by atoms with Crippen LogP contribution in [-0.2, 0) is 10.0 Å². The summed E-state index contributed by atoms with van der Waals surface area (Å²) in [6, 6.07) is 2.00. The molecule has 0 unspecified atom stereocenters. The Morgan fingerprint density at radius 2 is 1.87 bits per heavy atom. The molecule has 1 aromatic heterocycles. The number of hydrogen-bond acceptors (Lipinski definition) is 5. The van der Waals surface area contributed by atoms with Gasteiger partial charge >= 0.3 is 0 Å². The molecule has 0 bridgehead atoms. The SMILES string of the molecule is CCS(=O)(=O)N1CC(CNc2cc(C(C)C)nc(C(C)C)n2)C1. The summed E-state index contributed by atoms with van der Waals surface area (Å²) in [5.41, 5.74) is 1.04. The van der Waals surface area contributed by atoms with E-state index in [4.69, 9.17) is 0 Å².